The van der Waals surface area contributed by atoms with Gasteiger partial charge in [0.25, 0.3) is 0 Å². The summed E-state index contributed by atoms with van der Waals surface area (Å²) in [5.41, 5.74) is 0. The van der Waals surface area contributed by atoms with Crippen LogP contribution in [0.2, 0.25) is 0 Å². The molecule has 18 heavy (non-hydrogen) atoms. The summed E-state index contributed by atoms with van der Waals surface area (Å²) >= 11 is 19.8. The third-order valence-electron chi connectivity index (χ3n) is 1.76. The lowest BCUT2D eigenvalue weighted by Crippen LogP contribution is -2.46. The molecule has 0 aromatic carbocycles. The van der Waals surface area contributed by atoms with Crippen LogP contribution in [0.3, 0.4) is 0 Å². The van der Waals surface area contributed by atoms with Crippen molar-refractivity contribution in [3.05, 3.63) is 24.0 Å². The Morgan fingerprint density at radius 2 is 1.89 bits per heavy atom. The van der Waals surface area contributed by atoms with Crippen molar-refractivity contribution in [3.8, 4) is 0 Å². The van der Waals surface area contributed by atoms with E-state index in [-0.39, 0.29) is 14.7 Å². The van der Waals surface area contributed by atoms with E-state index in [0.717, 1.165) is 0 Å². The Morgan fingerprint density at radius 3 is 2.33 bits per heavy atom. The van der Waals surface area contributed by atoms with Crippen LogP contribution >= 0.6 is 61.0 Å². The van der Waals surface area contributed by atoms with Gasteiger partial charge in [-0.15, -0.1) is 36.6 Å². The number of anilines is 2. The fraction of sp³-hybridized carbons (Fsp3) is 0. The normalized spacial score (nSPS) is 10.1. The van der Waals surface area contributed by atoms with Crippen LogP contribution in [0.4, 0.5) is 11.1 Å². The molecule has 2 aromatic rings. The van der Waals surface area contributed by atoms with Crippen molar-refractivity contribution in [1.82, 2.24) is 9.97 Å². The molecule has 0 N–H and O–H groups in total. The third-order valence-corrected chi connectivity index (χ3v) is 3.24. The van der Waals surface area contributed by atoms with Gasteiger partial charge in [0.2, 0.25) is 5.13 Å². The summed E-state index contributed by atoms with van der Waals surface area (Å²) in [6.45, 7) is 0. The van der Waals surface area contributed by atoms with Crippen molar-refractivity contribution < 1.29 is 4.42 Å². The number of hydrazine groups is 1. The number of aromatic nitrogens is 2. The molecular weight excluding hydrogens is 328 g/mol. The summed E-state index contributed by atoms with van der Waals surface area (Å²) in [4.78, 5) is 8.17. The second kappa shape index (κ2) is 5.97. The summed E-state index contributed by atoms with van der Waals surface area (Å²) in [6, 6.07) is 0.238. The fourth-order valence-corrected chi connectivity index (χ4v) is 2.60. The summed E-state index contributed by atoms with van der Waals surface area (Å²) in [5.74, 6) is 0. The molecule has 2 heterocycles. The molecule has 0 fully saturated rings. The zero-order valence-corrected chi connectivity index (χ0v) is 12.9. The van der Waals surface area contributed by atoms with E-state index in [1.165, 1.54) is 33.8 Å². The van der Waals surface area contributed by atoms with Crippen molar-refractivity contribution in [2.24, 2.45) is 0 Å². The van der Waals surface area contributed by atoms with Gasteiger partial charge in [0, 0.05) is 11.6 Å². The van der Waals surface area contributed by atoms with Gasteiger partial charge in [-0.25, -0.2) is 9.97 Å². The van der Waals surface area contributed by atoms with Gasteiger partial charge in [-0.2, -0.15) is 10.0 Å². The molecular formula is C8H6N4OS5. The number of rotatable bonds is 2. The van der Waals surface area contributed by atoms with Crippen molar-refractivity contribution >= 4 is 80.8 Å². The topological polar surface area (TPSA) is 45.4 Å². The highest BCUT2D eigenvalue weighted by Crippen LogP contribution is 2.26. The summed E-state index contributed by atoms with van der Waals surface area (Å²) in [7, 11) is 0. The first kappa shape index (κ1) is 13.7. The number of thiazole rings is 1. The summed E-state index contributed by atoms with van der Waals surface area (Å²) in [5, 5.41) is 5.30. The van der Waals surface area contributed by atoms with Crippen molar-refractivity contribution in [3.63, 3.8) is 0 Å². The van der Waals surface area contributed by atoms with Crippen LogP contribution in [-0.4, -0.2) is 18.6 Å². The number of oxazole rings is 1. The molecule has 0 aliphatic heterocycles. The van der Waals surface area contributed by atoms with Gasteiger partial charge in [0.1, 0.15) is 6.26 Å². The number of hydrogen-bond acceptors (Lipinski definition) is 6. The largest absolute Gasteiger partial charge is 0.431 e. The summed E-state index contributed by atoms with van der Waals surface area (Å²) in [6.07, 6.45) is 4.57. The van der Waals surface area contributed by atoms with Crippen LogP contribution in [0.15, 0.2) is 28.5 Å². The first-order valence-corrected chi connectivity index (χ1v) is 7.05. The maximum atomic E-state index is 5.21. The van der Waals surface area contributed by atoms with Gasteiger partial charge in [-0.1, -0.05) is 24.4 Å². The van der Waals surface area contributed by atoms with Gasteiger partial charge in [-0.05, 0) is 0 Å². The molecule has 2 rings (SSSR count). The number of nitrogens with zero attached hydrogens (tertiary/aromatic N) is 4. The molecule has 0 bridgehead atoms. The molecule has 0 unspecified atom stereocenters. The molecule has 5 nitrogen and oxygen atoms in total. The molecule has 0 atom stereocenters. The predicted octanol–water partition coefficient (Wildman–Crippen LogP) is 2.79. The maximum absolute atomic E-state index is 5.21. The zero-order valence-electron chi connectivity index (χ0n) is 8.63. The van der Waals surface area contributed by atoms with Crippen LogP contribution in [0.5, 0.6) is 0 Å². The molecule has 0 aliphatic rings. The highest BCUT2D eigenvalue weighted by atomic mass is 32.1. The van der Waals surface area contributed by atoms with Gasteiger partial charge >= 0.3 is 6.01 Å². The molecule has 0 amide bonds. The standard InChI is InChI=1S/C8H6N4OS5/c14-7(15)11(5-9-1-3-13-5)12(8(16)17)6-10-2-4-18-6/h1-4H,(H,14,15)(H,16,17). The van der Waals surface area contributed by atoms with Crippen LogP contribution < -0.4 is 10.0 Å². The van der Waals surface area contributed by atoms with Crippen molar-refractivity contribution in [1.29, 1.82) is 0 Å². The molecule has 94 valence electrons. The molecule has 2 aromatic heterocycles. The average Bonchev–Trinajstić information content (AvgIpc) is 2.97. The highest BCUT2D eigenvalue weighted by molar-refractivity contribution is 8.12. The van der Waals surface area contributed by atoms with E-state index in [2.05, 4.69) is 35.2 Å². The first-order chi connectivity index (χ1) is 8.61. The molecule has 0 saturated carbocycles. The van der Waals surface area contributed by atoms with Crippen LogP contribution in [0.25, 0.3) is 0 Å². The van der Waals surface area contributed by atoms with Crippen molar-refractivity contribution in [2.45, 2.75) is 0 Å². The second-order valence-corrected chi connectivity index (χ2v) is 5.92. The van der Waals surface area contributed by atoms with Gasteiger partial charge < -0.3 is 4.42 Å². The molecule has 10 heteroatoms. The Labute approximate surface area is 129 Å². The number of thiol groups is 2. The lowest BCUT2D eigenvalue weighted by molar-refractivity contribution is 0.559. The minimum absolute atomic E-state index is 0.212. The number of thiocarbonyl (C=S) groups is 2. The number of hydrogen-bond donors (Lipinski definition) is 2. The Morgan fingerprint density at radius 1 is 1.17 bits per heavy atom. The van der Waals surface area contributed by atoms with Crippen molar-refractivity contribution in [2.75, 3.05) is 10.0 Å². The van der Waals surface area contributed by atoms with Crippen LogP contribution in [0, 0.1) is 0 Å². The lowest BCUT2D eigenvalue weighted by Gasteiger charge is -2.29. The summed E-state index contributed by atoms with van der Waals surface area (Å²) < 4.78 is 5.67. The minimum Gasteiger partial charge on any atom is -0.431 e. The van der Waals surface area contributed by atoms with Gasteiger partial charge in [0.05, 0.1) is 6.20 Å². The zero-order chi connectivity index (χ0) is 13.1. The maximum Gasteiger partial charge on any atom is 0.323 e. The molecule has 0 spiro atoms. The van der Waals surface area contributed by atoms with E-state index in [0.29, 0.717) is 5.13 Å². The van der Waals surface area contributed by atoms with Gasteiger partial charge in [-0.3, -0.25) is 0 Å². The van der Waals surface area contributed by atoms with E-state index in [1.807, 2.05) is 5.38 Å². The Bertz CT molecular complexity index is 490. The van der Waals surface area contributed by atoms with Crippen LogP contribution in [-0.2, 0) is 0 Å². The van der Waals surface area contributed by atoms with E-state index < -0.39 is 0 Å². The van der Waals surface area contributed by atoms with E-state index >= 15 is 0 Å². The molecule has 0 aliphatic carbocycles. The van der Waals surface area contributed by atoms with E-state index in [9.17, 15) is 0 Å². The minimum atomic E-state index is 0.212. The quantitative estimate of drug-likeness (QED) is 0.497. The smallest absolute Gasteiger partial charge is 0.323 e. The third kappa shape index (κ3) is 2.83. The van der Waals surface area contributed by atoms with Gasteiger partial charge in [0.15, 0.2) is 8.64 Å². The van der Waals surface area contributed by atoms with Crippen LogP contribution in [0.1, 0.15) is 0 Å². The fourth-order valence-electron chi connectivity index (χ4n) is 1.15. The van der Waals surface area contributed by atoms with E-state index in [4.69, 9.17) is 28.9 Å². The Hall–Kier alpha value is -0.680. The predicted molar refractivity (Wildman–Crippen MR) is 86.7 cm³/mol. The highest BCUT2D eigenvalue weighted by Gasteiger charge is 2.26. The Balaban J connectivity index is 2.45. The lowest BCUT2D eigenvalue weighted by atomic mass is 10.8. The Kier molecular flexibility index (Phi) is 4.56. The second-order valence-electron chi connectivity index (χ2n) is 2.82. The average molecular weight is 334 g/mol. The monoisotopic (exact) mass is 334 g/mol. The SMILES string of the molecule is S=C(S)N(c1ncco1)N(C(=S)S)c1nccs1. The first-order valence-electron chi connectivity index (χ1n) is 4.46. The molecule has 0 saturated heterocycles. The molecule has 0 radical (unpaired) electrons. The van der Waals surface area contributed by atoms with E-state index in [1.54, 1.807) is 6.20 Å².